The van der Waals surface area contributed by atoms with E-state index in [0.717, 1.165) is 39.1 Å². The van der Waals surface area contributed by atoms with E-state index in [4.69, 9.17) is 4.74 Å². The normalized spacial score (nSPS) is 33.8. The van der Waals surface area contributed by atoms with Crippen molar-refractivity contribution in [2.45, 2.75) is 89.4 Å². The van der Waals surface area contributed by atoms with E-state index >= 15 is 0 Å². The quantitative estimate of drug-likeness (QED) is 0.754. The number of likely N-dealkylation sites (tertiary alicyclic amines) is 2. The molecule has 6 nitrogen and oxygen atoms in total. The zero-order valence-corrected chi connectivity index (χ0v) is 17.6. The highest BCUT2D eigenvalue weighted by Gasteiger charge is 2.53. The Hall–Kier alpha value is -1.14. The first kappa shape index (κ1) is 20.1. The van der Waals surface area contributed by atoms with Gasteiger partial charge < -0.3 is 15.0 Å². The first-order chi connectivity index (χ1) is 13.5. The molecule has 1 saturated carbocycles. The van der Waals surface area contributed by atoms with Crippen LogP contribution < -0.4 is 5.32 Å². The maximum atomic E-state index is 12.8. The Kier molecular flexibility index (Phi) is 6.26. The highest BCUT2D eigenvalue weighted by molar-refractivity contribution is 5.77. The van der Waals surface area contributed by atoms with Gasteiger partial charge in [-0.1, -0.05) is 12.8 Å². The Labute approximate surface area is 169 Å². The first-order valence-corrected chi connectivity index (χ1v) is 11.5. The van der Waals surface area contributed by atoms with Crippen LogP contribution >= 0.6 is 0 Å². The molecule has 158 valence electrons. The number of hydrogen-bond donors (Lipinski definition) is 1. The zero-order valence-electron chi connectivity index (χ0n) is 17.6. The van der Waals surface area contributed by atoms with Crippen molar-refractivity contribution in [2.24, 2.45) is 11.8 Å². The molecule has 0 spiro atoms. The standard InChI is InChI=1S/C22H37N3O3/c1-15(2)23-20(26)11-16-13-25(17-7-3-4-8-17)18-14-28-19(22(16)18)12-21(27)24-9-5-6-10-24/h15-19,22H,3-14H2,1-2H3,(H,23,26)/t16-,18-,19+,22-/m1/s1. The molecule has 0 unspecified atom stereocenters. The number of nitrogens with one attached hydrogen (secondary N) is 1. The predicted molar refractivity (Wildman–Crippen MR) is 108 cm³/mol. The molecule has 4 fully saturated rings. The number of rotatable bonds is 6. The summed E-state index contributed by atoms with van der Waals surface area (Å²) < 4.78 is 6.21. The lowest BCUT2D eigenvalue weighted by Crippen LogP contribution is -2.40. The van der Waals surface area contributed by atoms with Crippen LogP contribution in [0, 0.1) is 11.8 Å². The van der Waals surface area contributed by atoms with E-state index in [1.54, 1.807) is 0 Å². The van der Waals surface area contributed by atoms with Crippen LogP contribution in [0.1, 0.15) is 65.2 Å². The van der Waals surface area contributed by atoms with Gasteiger partial charge in [0.05, 0.1) is 19.1 Å². The number of hydrogen-bond acceptors (Lipinski definition) is 4. The average Bonchev–Trinajstić information content (AvgIpc) is 3.42. The summed E-state index contributed by atoms with van der Waals surface area (Å²) in [4.78, 5) is 29.9. The summed E-state index contributed by atoms with van der Waals surface area (Å²) in [6, 6.07) is 1.20. The second kappa shape index (κ2) is 8.70. The molecule has 0 aromatic carbocycles. The Balaban J connectivity index is 1.45. The van der Waals surface area contributed by atoms with Gasteiger partial charge in [-0.05, 0) is 45.4 Å². The molecule has 28 heavy (non-hydrogen) atoms. The van der Waals surface area contributed by atoms with Crippen LogP contribution in [-0.2, 0) is 14.3 Å². The minimum Gasteiger partial charge on any atom is -0.376 e. The lowest BCUT2D eigenvalue weighted by atomic mass is 9.84. The topological polar surface area (TPSA) is 61.9 Å². The van der Waals surface area contributed by atoms with Gasteiger partial charge in [0.2, 0.25) is 11.8 Å². The molecule has 4 rings (SSSR count). The zero-order chi connectivity index (χ0) is 19.7. The Morgan fingerprint density at radius 1 is 1.07 bits per heavy atom. The Morgan fingerprint density at radius 3 is 2.46 bits per heavy atom. The minimum atomic E-state index is -0.0265. The fraction of sp³-hybridized carbons (Fsp3) is 0.909. The molecule has 4 atom stereocenters. The highest BCUT2D eigenvalue weighted by atomic mass is 16.5. The minimum absolute atomic E-state index is 0.0265. The summed E-state index contributed by atoms with van der Waals surface area (Å²) >= 11 is 0. The summed E-state index contributed by atoms with van der Waals surface area (Å²) in [5.74, 6) is 0.990. The van der Waals surface area contributed by atoms with Crippen LogP contribution in [0.3, 0.4) is 0 Å². The number of carbonyl (C=O) groups excluding carboxylic acids is 2. The van der Waals surface area contributed by atoms with Gasteiger partial charge >= 0.3 is 0 Å². The maximum absolute atomic E-state index is 12.8. The van der Waals surface area contributed by atoms with Gasteiger partial charge in [0.1, 0.15) is 0 Å². The van der Waals surface area contributed by atoms with Gasteiger partial charge in [0, 0.05) is 50.1 Å². The van der Waals surface area contributed by atoms with Crippen LogP contribution in [0.2, 0.25) is 0 Å². The van der Waals surface area contributed by atoms with Crippen LogP contribution in [0.5, 0.6) is 0 Å². The molecule has 0 aromatic heterocycles. The first-order valence-electron chi connectivity index (χ1n) is 11.5. The maximum Gasteiger partial charge on any atom is 0.225 e. The van der Waals surface area contributed by atoms with Crippen molar-refractivity contribution in [3.8, 4) is 0 Å². The van der Waals surface area contributed by atoms with Crippen molar-refractivity contribution < 1.29 is 14.3 Å². The Bertz CT molecular complexity index is 569. The third-order valence-electron chi connectivity index (χ3n) is 7.30. The van der Waals surface area contributed by atoms with Crippen molar-refractivity contribution >= 4 is 11.8 Å². The Morgan fingerprint density at radius 2 is 1.79 bits per heavy atom. The van der Waals surface area contributed by atoms with Gasteiger partial charge in [-0.25, -0.2) is 0 Å². The summed E-state index contributed by atoms with van der Waals surface area (Å²) in [5.41, 5.74) is 0. The number of amides is 2. The molecule has 0 bridgehead atoms. The monoisotopic (exact) mass is 391 g/mol. The third kappa shape index (κ3) is 4.23. The molecule has 4 aliphatic rings. The highest BCUT2D eigenvalue weighted by Crippen LogP contribution is 2.44. The van der Waals surface area contributed by atoms with Gasteiger partial charge in [-0.15, -0.1) is 0 Å². The summed E-state index contributed by atoms with van der Waals surface area (Å²) in [6.45, 7) is 7.53. The van der Waals surface area contributed by atoms with Crippen molar-refractivity contribution in [1.29, 1.82) is 0 Å². The van der Waals surface area contributed by atoms with E-state index in [-0.39, 0.29) is 24.0 Å². The number of carbonyl (C=O) groups is 2. The van der Waals surface area contributed by atoms with Gasteiger partial charge in [0.15, 0.2) is 0 Å². The second-order valence-corrected chi connectivity index (χ2v) is 9.63. The lowest BCUT2D eigenvalue weighted by Gasteiger charge is -2.29. The van der Waals surface area contributed by atoms with E-state index in [2.05, 4.69) is 10.2 Å². The smallest absolute Gasteiger partial charge is 0.225 e. The molecule has 1 N–H and O–H groups in total. The summed E-state index contributed by atoms with van der Waals surface area (Å²) in [6.07, 6.45) is 8.43. The molecular weight excluding hydrogens is 354 g/mol. The molecule has 1 aliphatic carbocycles. The largest absolute Gasteiger partial charge is 0.376 e. The van der Waals surface area contributed by atoms with Crippen LogP contribution in [0.4, 0.5) is 0 Å². The van der Waals surface area contributed by atoms with E-state index in [9.17, 15) is 9.59 Å². The number of ether oxygens (including phenoxy) is 1. The number of fused-ring (bicyclic) bond motifs is 1. The summed E-state index contributed by atoms with van der Waals surface area (Å²) in [7, 11) is 0. The average molecular weight is 392 g/mol. The predicted octanol–water partition coefficient (Wildman–Crippen LogP) is 2.17. The fourth-order valence-corrected chi connectivity index (χ4v) is 6.09. The molecule has 3 aliphatic heterocycles. The van der Waals surface area contributed by atoms with Crippen molar-refractivity contribution in [3.05, 3.63) is 0 Å². The van der Waals surface area contributed by atoms with Gasteiger partial charge in [0.25, 0.3) is 0 Å². The van der Waals surface area contributed by atoms with E-state index in [1.165, 1.54) is 25.7 Å². The fourth-order valence-electron chi connectivity index (χ4n) is 6.09. The summed E-state index contributed by atoms with van der Waals surface area (Å²) in [5, 5.41) is 3.06. The molecule has 0 aromatic rings. The van der Waals surface area contributed by atoms with Crippen LogP contribution in [-0.4, -0.2) is 72.1 Å². The van der Waals surface area contributed by atoms with Crippen LogP contribution in [0.25, 0.3) is 0 Å². The SMILES string of the molecule is CC(C)NC(=O)C[C@@H]1CN(C2CCCC2)[C@@H]2CO[C@@H](CC(=O)N3CCCC3)[C@H]12. The second-order valence-electron chi connectivity index (χ2n) is 9.63. The van der Waals surface area contributed by atoms with Gasteiger partial charge in [-0.2, -0.15) is 0 Å². The molecule has 0 radical (unpaired) electrons. The molecule has 2 amide bonds. The van der Waals surface area contributed by atoms with Crippen molar-refractivity contribution in [1.82, 2.24) is 15.1 Å². The molecule has 3 heterocycles. The molecule has 6 heteroatoms. The van der Waals surface area contributed by atoms with Crippen molar-refractivity contribution in [2.75, 3.05) is 26.2 Å². The third-order valence-corrected chi connectivity index (χ3v) is 7.30. The van der Waals surface area contributed by atoms with Gasteiger partial charge in [-0.3, -0.25) is 14.5 Å². The molecular formula is C22H37N3O3. The van der Waals surface area contributed by atoms with E-state index < -0.39 is 0 Å². The number of nitrogens with zero attached hydrogens (tertiary/aromatic N) is 2. The van der Waals surface area contributed by atoms with E-state index in [0.29, 0.717) is 36.8 Å². The van der Waals surface area contributed by atoms with Crippen molar-refractivity contribution in [3.63, 3.8) is 0 Å². The molecule has 3 saturated heterocycles. The van der Waals surface area contributed by atoms with E-state index in [1.807, 2.05) is 18.7 Å². The van der Waals surface area contributed by atoms with Crippen LogP contribution in [0.15, 0.2) is 0 Å². The lowest BCUT2D eigenvalue weighted by molar-refractivity contribution is -0.133.